The standard InChI is InChI=1S/C13H11ClF3N3O2/c1-22-10-3-2-8(14)6-9(10)18-12(21)7-20-5-4-11(19-20)13(15,16)17/h2-6H,7H2,1H3,(H,18,21). The number of carbonyl (C=O) groups excluding carboxylic acids is 1. The Morgan fingerprint density at radius 2 is 2.14 bits per heavy atom. The fraction of sp³-hybridized carbons (Fsp3) is 0.231. The Morgan fingerprint density at radius 3 is 2.73 bits per heavy atom. The molecule has 1 heterocycles. The molecule has 5 nitrogen and oxygen atoms in total. The predicted octanol–water partition coefficient (Wildman–Crippen LogP) is 3.20. The molecule has 0 atom stereocenters. The van der Waals surface area contributed by atoms with Crippen molar-refractivity contribution in [1.29, 1.82) is 0 Å². The molecule has 0 spiro atoms. The highest BCUT2D eigenvalue weighted by Gasteiger charge is 2.33. The minimum absolute atomic E-state index is 0.322. The third-order valence-corrected chi connectivity index (χ3v) is 2.91. The monoisotopic (exact) mass is 333 g/mol. The van der Waals surface area contributed by atoms with E-state index >= 15 is 0 Å². The summed E-state index contributed by atoms with van der Waals surface area (Å²) < 4.78 is 43.2. The van der Waals surface area contributed by atoms with Gasteiger partial charge in [0.15, 0.2) is 5.69 Å². The molecule has 0 aliphatic heterocycles. The molecule has 22 heavy (non-hydrogen) atoms. The van der Waals surface area contributed by atoms with Gasteiger partial charge in [-0.3, -0.25) is 9.48 Å². The van der Waals surface area contributed by atoms with Gasteiger partial charge in [0.05, 0.1) is 12.8 Å². The van der Waals surface area contributed by atoms with Crippen LogP contribution in [-0.4, -0.2) is 22.8 Å². The van der Waals surface area contributed by atoms with Crippen molar-refractivity contribution in [3.8, 4) is 5.75 Å². The Morgan fingerprint density at radius 1 is 1.41 bits per heavy atom. The number of alkyl halides is 3. The molecule has 0 fully saturated rings. The van der Waals surface area contributed by atoms with Crippen LogP contribution < -0.4 is 10.1 Å². The first-order chi connectivity index (χ1) is 10.3. The average Bonchev–Trinajstić information content (AvgIpc) is 2.87. The second kappa shape index (κ2) is 6.27. The second-order valence-corrected chi connectivity index (χ2v) is 4.73. The maximum Gasteiger partial charge on any atom is 0.435 e. The molecule has 118 valence electrons. The summed E-state index contributed by atoms with van der Waals surface area (Å²) in [5.74, 6) is -0.174. The Balaban J connectivity index is 2.07. The van der Waals surface area contributed by atoms with E-state index in [0.717, 1.165) is 16.9 Å². The Labute approximate surface area is 128 Å². The number of methoxy groups -OCH3 is 1. The van der Waals surface area contributed by atoms with Crippen molar-refractivity contribution < 1.29 is 22.7 Å². The summed E-state index contributed by atoms with van der Waals surface area (Å²) in [6.45, 7) is -0.369. The van der Waals surface area contributed by atoms with Gasteiger partial charge in [-0.2, -0.15) is 18.3 Å². The van der Waals surface area contributed by atoms with Crippen LogP contribution in [-0.2, 0) is 17.5 Å². The molecule has 0 saturated heterocycles. The quantitative estimate of drug-likeness (QED) is 0.934. The average molecular weight is 334 g/mol. The van der Waals surface area contributed by atoms with E-state index in [1.807, 2.05) is 0 Å². The molecule has 1 N–H and O–H groups in total. The number of nitrogens with zero attached hydrogens (tertiary/aromatic N) is 2. The molecular weight excluding hydrogens is 323 g/mol. The summed E-state index contributed by atoms with van der Waals surface area (Å²) >= 11 is 5.82. The number of amides is 1. The molecule has 1 aromatic carbocycles. The fourth-order valence-electron chi connectivity index (χ4n) is 1.72. The van der Waals surface area contributed by atoms with E-state index in [9.17, 15) is 18.0 Å². The van der Waals surface area contributed by atoms with E-state index in [1.165, 1.54) is 13.2 Å². The molecule has 1 aromatic heterocycles. The molecule has 2 rings (SSSR count). The molecule has 0 unspecified atom stereocenters. The van der Waals surface area contributed by atoms with Crippen LogP contribution in [0.3, 0.4) is 0 Å². The van der Waals surface area contributed by atoms with Gasteiger partial charge in [0.2, 0.25) is 5.91 Å². The lowest BCUT2D eigenvalue weighted by molar-refractivity contribution is -0.141. The summed E-state index contributed by atoms with van der Waals surface area (Å²) in [7, 11) is 1.42. The van der Waals surface area contributed by atoms with E-state index in [-0.39, 0.29) is 6.54 Å². The lowest BCUT2D eigenvalue weighted by atomic mass is 10.3. The molecule has 0 aliphatic rings. The topological polar surface area (TPSA) is 56.1 Å². The second-order valence-electron chi connectivity index (χ2n) is 4.29. The van der Waals surface area contributed by atoms with E-state index in [1.54, 1.807) is 12.1 Å². The smallest absolute Gasteiger partial charge is 0.435 e. The van der Waals surface area contributed by atoms with Crippen LogP contribution in [0, 0.1) is 0 Å². The van der Waals surface area contributed by atoms with Gasteiger partial charge in [-0.25, -0.2) is 0 Å². The number of aromatic nitrogens is 2. The fourth-order valence-corrected chi connectivity index (χ4v) is 1.89. The lowest BCUT2D eigenvalue weighted by Gasteiger charge is -2.10. The van der Waals surface area contributed by atoms with Crippen molar-refractivity contribution in [3.63, 3.8) is 0 Å². The first kappa shape index (κ1) is 16.2. The van der Waals surface area contributed by atoms with Gasteiger partial charge >= 0.3 is 6.18 Å². The molecule has 0 aliphatic carbocycles. The van der Waals surface area contributed by atoms with Crippen LogP contribution in [0.1, 0.15) is 5.69 Å². The number of carbonyl (C=O) groups is 1. The van der Waals surface area contributed by atoms with Crippen LogP contribution in [0.25, 0.3) is 0 Å². The Hall–Kier alpha value is -2.22. The zero-order valence-corrected chi connectivity index (χ0v) is 12.1. The zero-order chi connectivity index (χ0) is 16.3. The zero-order valence-electron chi connectivity index (χ0n) is 11.3. The molecule has 2 aromatic rings. The minimum Gasteiger partial charge on any atom is -0.495 e. The number of ether oxygens (including phenoxy) is 1. The first-order valence-electron chi connectivity index (χ1n) is 6.03. The van der Waals surface area contributed by atoms with Crippen molar-refractivity contribution in [2.45, 2.75) is 12.7 Å². The molecule has 1 amide bonds. The van der Waals surface area contributed by atoms with Crippen molar-refractivity contribution in [1.82, 2.24) is 9.78 Å². The van der Waals surface area contributed by atoms with Crippen LogP contribution in [0.5, 0.6) is 5.75 Å². The van der Waals surface area contributed by atoms with Gasteiger partial charge in [-0.1, -0.05) is 11.6 Å². The van der Waals surface area contributed by atoms with E-state index < -0.39 is 17.8 Å². The van der Waals surface area contributed by atoms with E-state index in [0.29, 0.717) is 16.5 Å². The van der Waals surface area contributed by atoms with Gasteiger partial charge in [0, 0.05) is 11.2 Å². The lowest BCUT2D eigenvalue weighted by Crippen LogP contribution is -2.20. The van der Waals surface area contributed by atoms with Gasteiger partial charge < -0.3 is 10.1 Å². The number of nitrogens with one attached hydrogen (secondary N) is 1. The molecule has 9 heteroatoms. The maximum absolute atomic E-state index is 12.4. The Bertz CT molecular complexity index is 685. The number of rotatable bonds is 4. The SMILES string of the molecule is COc1ccc(Cl)cc1NC(=O)Cn1ccc(C(F)(F)F)n1. The summed E-state index contributed by atoms with van der Waals surface area (Å²) in [6, 6.07) is 5.42. The number of benzene rings is 1. The first-order valence-corrected chi connectivity index (χ1v) is 6.41. The third-order valence-electron chi connectivity index (χ3n) is 2.67. The van der Waals surface area contributed by atoms with Crippen molar-refractivity contribution >= 4 is 23.2 Å². The molecule has 0 saturated carbocycles. The van der Waals surface area contributed by atoms with Crippen LogP contribution in [0.15, 0.2) is 30.5 Å². The minimum atomic E-state index is -4.54. The highest BCUT2D eigenvalue weighted by Crippen LogP contribution is 2.28. The molecule has 0 radical (unpaired) electrons. The van der Waals surface area contributed by atoms with Gasteiger partial charge in [-0.15, -0.1) is 0 Å². The number of halogens is 4. The maximum atomic E-state index is 12.4. The van der Waals surface area contributed by atoms with Gasteiger partial charge in [0.1, 0.15) is 12.3 Å². The van der Waals surface area contributed by atoms with Crippen LogP contribution >= 0.6 is 11.6 Å². The normalized spacial score (nSPS) is 11.3. The van der Waals surface area contributed by atoms with E-state index in [4.69, 9.17) is 16.3 Å². The third kappa shape index (κ3) is 3.91. The van der Waals surface area contributed by atoms with Crippen molar-refractivity contribution in [3.05, 3.63) is 41.2 Å². The predicted molar refractivity (Wildman–Crippen MR) is 73.9 cm³/mol. The van der Waals surface area contributed by atoms with Crippen molar-refractivity contribution in [2.24, 2.45) is 0 Å². The highest BCUT2D eigenvalue weighted by molar-refractivity contribution is 6.31. The van der Waals surface area contributed by atoms with Gasteiger partial charge in [-0.05, 0) is 24.3 Å². The summed E-state index contributed by atoms with van der Waals surface area (Å²) in [5, 5.41) is 6.19. The number of hydrogen-bond donors (Lipinski definition) is 1. The van der Waals surface area contributed by atoms with Crippen LogP contribution in [0.4, 0.5) is 18.9 Å². The largest absolute Gasteiger partial charge is 0.495 e. The summed E-state index contributed by atoms with van der Waals surface area (Å²) in [5.41, 5.74) is -0.733. The summed E-state index contributed by atoms with van der Waals surface area (Å²) in [6.07, 6.45) is -3.46. The molecular formula is C13H11ClF3N3O2. The Kier molecular flexibility index (Phi) is 4.60. The van der Waals surface area contributed by atoms with Gasteiger partial charge in [0.25, 0.3) is 0 Å². The van der Waals surface area contributed by atoms with Crippen molar-refractivity contribution in [2.75, 3.05) is 12.4 Å². The van der Waals surface area contributed by atoms with Crippen LogP contribution in [0.2, 0.25) is 5.02 Å². The molecule has 0 bridgehead atoms. The number of anilines is 1. The van der Waals surface area contributed by atoms with E-state index in [2.05, 4.69) is 10.4 Å². The highest BCUT2D eigenvalue weighted by atomic mass is 35.5. The number of hydrogen-bond acceptors (Lipinski definition) is 3. The summed E-state index contributed by atoms with van der Waals surface area (Å²) in [4.78, 5) is 11.9.